The summed E-state index contributed by atoms with van der Waals surface area (Å²) in [6.45, 7) is 3.49. The summed E-state index contributed by atoms with van der Waals surface area (Å²) in [5, 5.41) is 5.39. The number of rotatable bonds is 10. The first-order valence-electron chi connectivity index (χ1n) is 15.9. The van der Waals surface area contributed by atoms with Crippen molar-refractivity contribution in [1.29, 1.82) is 0 Å². The molecule has 0 unspecified atom stereocenters. The van der Waals surface area contributed by atoms with Crippen LogP contribution in [0.5, 0.6) is 0 Å². The predicted octanol–water partition coefficient (Wildman–Crippen LogP) is 3.24. The molecule has 0 radical (unpaired) electrons. The van der Waals surface area contributed by atoms with Crippen LogP contribution in [0.3, 0.4) is 0 Å². The number of aromatic nitrogens is 4. The highest BCUT2D eigenvalue weighted by molar-refractivity contribution is 8.27. The Morgan fingerprint density at radius 2 is 1.18 bits per heavy atom. The SMILES string of the molecule is Cc1c(NC(=O)CCN2CSC(=C3SC(=S)N(CCC(=O)Nc4c(C)n(C)n(-c5ccccc5)c4=O)C3=O)C2=O)c(=O)n(-c2ccccc2)n1C. The number of benzene rings is 2. The number of thiocarbonyl (C=S) groups is 1. The number of nitrogens with one attached hydrogen (secondary N) is 2. The number of thioether (sulfide) groups is 2. The highest BCUT2D eigenvalue weighted by Gasteiger charge is 2.40. The molecule has 2 N–H and O–H groups in total. The molecular weight excluding hydrogens is 713 g/mol. The Balaban J connectivity index is 1.05. The summed E-state index contributed by atoms with van der Waals surface area (Å²) in [6, 6.07) is 18.1. The standard InChI is InChI=1S/C34H34N8O6S3/c1-20-26(30(45)41(37(20)3)22-11-7-5-8-12-22)35-24(43)15-17-39-19-50-28(32(39)47)29-33(48)40(34(49)51-29)18-16-25(44)36-27-21(2)38(4)42(31(27)46)23-13-9-6-10-14-23/h5-14H,15-19H2,1-4H3,(H,35,43)(H,36,44). The molecule has 2 fully saturated rings. The zero-order valence-corrected chi connectivity index (χ0v) is 30.6. The van der Waals surface area contributed by atoms with Gasteiger partial charge < -0.3 is 15.5 Å². The molecule has 2 aliphatic heterocycles. The van der Waals surface area contributed by atoms with Crippen molar-refractivity contribution in [1.82, 2.24) is 28.5 Å². The van der Waals surface area contributed by atoms with Crippen LogP contribution >= 0.6 is 35.7 Å². The lowest BCUT2D eigenvalue weighted by Crippen LogP contribution is -2.33. The number of amides is 4. The largest absolute Gasteiger partial charge is 0.328 e. The van der Waals surface area contributed by atoms with Crippen molar-refractivity contribution >= 4 is 75.1 Å². The van der Waals surface area contributed by atoms with Gasteiger partial charge in [-0.2, -0.15) is 0 Å². The molecule has 14 nitrogen and oxygen atoms in total. The Kier molecular flexibility index (Phi) is 10.2. The first-order valence-corrected chi connectivity index (χ1v) is 18.1. The minimum Gasteiger partial charge on any atom is -0.328 e. The molecule has 0 aliphatic carbocycles. The van der Waals surface area contributed by atoms with Crippen molar-refractivity contribution in [3.8, 4) is 11.4 Å². The van der Waals surface area contributed by atoms with Gasteiger partial charge in [0, 0.05) is 40.0 Å². The first kappa shape index (κ1) is 35.7. The van der Waals surface area contributed by atoms with Gasteiger partial charge in [-0.15, -0.1) is 0 Å². The molecule has 2 saturated heterocycles. The van der Waals surface area contributed by atoms with Crippen molar-refractivity contribution in [2.45, 2.75) is 26.7 Å². The summed E-state index contributed by atoms with van der Waals surface area (Å²) in [5.41, 5.74) is 2.00. The van der Waals surface area contributed by atoms with Gasteiger partial charge in [0.05, 0.1) is 38.4 Å². The maximum absolute atomic E-state index is 13.4. The second-order valence-electron chi connectivity index (χ2n) is 11.8. The van der Waals surface area contributed by atoms with Crippen LogP contribution in [0.2, 0.25) is 0 Å². The summed E-state index contributed by atoms with van der Waals surface area (Å²) in [6.07, 6.45) is -0.195. The van der Waals surface area contributed by atoms with E-state index in [0.29, 0.717) is 22.8 Å². The van der Waals surface area contributed by atoms with Crippen LogP contribution in [0.25, 0.3) is 11.4 Å². The van der Waals surface area contributed by atoms with Crippen LogP contribution in [-0.2, 0) is 33.3 Å². The van der Waals surface area contributed by atoms with Gasteiger partial charge in [-0.3, -0.25) is 43.0 Å². The van der Waals surface area contributed by atoms with Crippen LogP contribution < -0.4 is 21.8 Å². The van der Waals surface area contributed by atoms with Crippen LogP contribution in [0.15, 0.2) is 80.1 Å². The molecule has 0 atom stereocenters. The third-order valence-corrected chi connectivity index (χ3v) is 11.4. The van der Waals surface area contributed by atoms with Gasteiger partial charge in [0.25, 0.3) is 22.9 Å². The lowest BCUT2D eigenvalue weighted by atomic mass is 10.3. The summed E-state index contributed by atoms with van der Waals surface area (Å²) in [4.78, 5) is 82.1. The molecule has 17 heteroatoms. The second kappa shape index (κ2) is 14.6. The van der Waals surface area contributed by atoms with E-state index in [4.69, 9.17) is 12.2 Å². The van der Waals surface area contributed by atoms with E-state index in [9.17, 15) is 28.8 Å². The highest BCUT2D eigenvalue weighted by Crippen LogP contribution is 2.41. The molecular formula is C34H34N8O6S3. The lowest BCUT2D eigenvalue weighted by molar-refractivity contribution is -0.127. The fourth-order valence-corrected chi connectivity index (χ4v) is 8.31. The molecule has 264 valence electrons. The van der Waals surface area contributed by atoms with Crippen LogP contribution in [0.1, 0.15) is 24.2 Å². The summed E-state index contributed by atoms with van der Waals surface area (Å²) in [7, 11) is 3.45. The molecule has 2 aliphatic rings. The summed E-state index contributed by atoms with van der Waals surface area (Å²) < 4.78 is 6.45. The van der Waals surface area contributed by atoms with E-state index < -0.39 is 23.6 Å². The normalized spacial score (nSPS) is 16.0. The van der Waals surface area contributed by atoms with Gasteiger partial charge in [-0.1, -0.05) is 72.1 Å². The van der Waals surface area contributed by atoms with E-state index in [1.54, 1.807) is 61.6 Å². The van der Waals surface area contributed by atoms with E-state index in [0.717, 1.165) is 11.8 Å². The molecule has 51 heavy (non-hydrogen) atoms. The van der Waals surface area contributed by atoms with Gasteiger partial charge >= 0.3 is 0 Å². The molecule has 4 aromatic rings. The van der Waals surface area contributed by atoms with Crippen LogP contribution in [0.4, 0.5) is 11.4 Å². The van der Waals surface area contributed by atoms with Crippen molar-refractivity contribution in [2.75, 3.05) is 29.6 Å². The molecule has 2 aromatic carbocycles. The number of carbonyl (C=O) groups is 4. The van der Waals surface area contributed by atoms with E-state index >= 15 is 0 Å². The molecule has 4 amide bonds. The number of hydrogen-bond acceptors (Lipinski definition) is 9. The van der Waals surface area contributed by atoms with Gasteiger partial charge in [0.15, 0.2) is 0 Å². The third-order valence-electron chi connectivity index (χ3n) is 8.71. The van der Waals surface area contributed by atoms with Gasteiger partial charge in [-0.05, 0) is 38.1 Å². The maximum Gasteiger partial charge on any atom is 0.295 e. The molecule has 0 bridgehead atoms. The van der Waals surface area contributed by atoms with E-state index in [1.807, 2.05) is 36.4 Å². The Morgan fingerprint density at radius 3 is 1.67 bits per heavy atom. The topological polar surface area (TPSA) is 153 Å². The molecule has 4 heterocycles. The third kappa shape index (κ3) is 6.83. The van der Waals surface area contributed by atoms with Crippen molar-refractivity contribution in [2.24, 2.45) is 14.1 Å². The van der Waals surface area contributed by atoms with Crippen molar-refractivity contribution in [3.05, 3.63) is 103 Å². The smallest absolute Gasteiger partial charge is 0.295 e. The second-order valence-corrected chi connectivity index (χ2v) is 14.4. The Morgan fingerprint density at radius 1 is 0.706 bits per heavy atom. The highest BCUT2D eigenvalue weighted by atomic mass is 32.2. The molecule has 2 aromatic heterocycles. The van der Waals surface area contributed by atoms with Gasteiger partial charge in [0.2, 0.25) is 11.8 Å². The molecule has 6 rings (SSSR count). The van der Waals surface area contributed by atoms with Crippen molar-refractivity contribution in [3.63, 3.8) is 0 Å². The van der Waals surface area contributed by atoms with Crippen LogP contribution in [0, 0.1) is 13.8 Å². The lowest BCUT2D eigenvalue weighted by Gasteiger charge is -2.14. The average Bonchev–Trinajstić information content (AvgIpc) is 3.76. The average molecular weight is 747 g/mol. The molecule has 0 saturated carbocycles. The van der Waals surface area contributed by atoms with Gasteiger partial charge in [0.1, 0.15) is 15.7 Å². The number of anilines is 2. The van der Waals surface area contributed by atoms with Crippen molar-refractivity contribution < 1.29 is 19.2 Å². The van der Waals surface area contributed by atoms with E-state index in [1.165, 1.54) is 30.9 Å². The number of nitrogens with zero attached hydrogens (tertiary/aromatic N) is 6. The zero-order valence-electron chi connectivity index (χ0n) is 28.2. The van der Waals surface area contributed by atoms with E-state index in [2.05, 4.69) is 10.6 Å². The quantitative estimate of drug-likeness (QED) is 0.184. The minimum absolute atomic E-state index is 0.0420. The van der Waals surface area contributed by atoms with Gasteiger partial charge in [-0.25, -0.2) is 9.36 Å². The summed E-state index contributed by atoms with van der Waals surface area (Å²) >= 11 is 7.61. The monoisotopic (exact) mass is 746 g/mol. The van der Waals surface area contributed by atoms with Crippen LogP contribution in [-0.4, -0.2) is 75.4 Å². The predicted molar refractivity (Wildman–Crippen MR) is 201 cm³/mol. The molecule has 0 spiro atoms. The number of carbonyl (C=O) groups excluding carboxylic acids is 4. The minimum atomic E-state index is -0.482. The Labute approximate surface area is 306 Å². The first-order chi connectivity index (χ1) is 24.4. The number of hydrogen-bond donors (Lipinski definition) is 2. The Hall–Kier alpha value is -5.13. The maximum atomic E-state index is 13.4. The van der Waals surface area contributed by atoms with E-state index in [-0.39, 0.29) is 68.4 Å². The fourth-order valence-electron chi connectivity index (χ4n) is 5.74. The summed E-state index contributed by atoms with van der Waals surface area (Å²) in [5.74, 6) is -1.55. The fraction of sp³-hybridized carbons (Fsp3) is 0.265. The zero-order chi connectivity index (χ0) is 36.6. The number of para-hydroxylation sites is 2. The Bertz CT molecular complexity index is 2240.